The van der Waals surface area contributed by atoms with Crippen LogP contribution in [0, 0.1) is 0 Å². The van der Waals surface area contributed by atoms with Crippen LogP contribution >= 0.6 is 15.9 Å². The van der Waals surface area contributed by atoms with Crippen molar-refractivity contribution in [2.24, 2.45) is 5.10 Å². The molecule has 0 radical (unpaired) electrons. The standard InChI is InChI=1S/C21H17BrN2O5S/c1-28-18-10-7-15(8-11-18)21(25)24-23-14-16-13-17(22)9-12-20(16)29-30(26,27)19-5-3-2-4-6-19/h2-14H,1H3,(H,24,25)/b23-14-. The molecular weight excluding hydrogens is 472 g/mol. The number of nitrogens with zero attached hydrogens (tertiary/aromatic N) is 1. The second-order valence-corrected chi connectivity index (χ2v) is 8.42. The van der Waals surface area contributed by atoms with E-state index in [0.717, 1.165) is 0 Å². The van der Waals surface area contributed by atoms with Crippen LogP contribution < -0.4 is 14.3 Å². The van der Waals surface area contributed by atoms with Gasteiger partial charge >= 0.3 is 10.1 Å². The van der Waals surface area contributed by atoms with E-state index < -0.39 is 16.0 Å². The lowest BCUT2D eigenvalue weighted by Crippen LogP contribution is -2.17. The number of carbonyl (C=O) groups excluding carboxylic acids is 1. The molecule has 0 aliphatic heterocycles. The quantitative estimate of drug-likeness (QED) is 0.308. The zero-order valence-electron chi connectivity index (χ0n) is 15.8. The van der Waals surface area contributed by atoms with Crippen molar-refractivity contribution in [3.05, 3.63) is 88.4 Å². The Morgan fingerprint density at radius 1 is 1.03 bits per heavy atom. The maximum Gasteiger partial charge on any atom is 0.339 e. The van der Waals surface area contributed by atoms with Gasteiger partial charge in [-0.25, -0.2) is 5.43 Å². The van der Waals surface area contributed by atoms with Gasteiger partial charge in [0.1, 0.15) is 10.6 Å². The monoisotopic (exact) mass is 488 g/mol. The Kier molecular flexibility index (Phi) is 6.86. The smallest absolute Gasteiger partial charge is 0.339 e. The van der Waals surface area contributed by atoms with Gasteiger partial charge in [-0.2, -0.15) is 13.5 Å². The summed E-state index contributed by atoms with van der Waals surface area (Å²) < 4.78 is 36.0. The first-order valence-corrected chi connectivity index (χ1v) is 10.9. The second kappa shape index (κ2) is 9.55. The molecule has 1 amide bonds. The lowest BCUT2D eigenvalue weighted by molar-refractivity contribution is 0.0955. The summed E-state index contributed by atoms with van der Waals surface area (Å²) in [7, 11) is -2.48. The van der Waals surface area contributed by atoms with E-state index in [2.05, 4.69) is 26.5 Å². The van der Waals surface area contributed by atoms with Crippen LogP contribution in [0.1, 0.15) is 15.9 Å². The normalized spacial score (nSPS) is 11.3. The van der Waals surface area contributed by atoms with E-state index in [1.807, 2.05) is 0 Å². The van der Waals surface area contributed by atoms with Crippen molar-refractivity contribution < 1.29 is 22.1 Å². The van der Waals surface area contributed by atoms with Crippen molar-refractivity contribution in [2.45, 2.75) is 4.90 Å². The van der Waals surface area contributed by atoms with Crippen molar-refractivity contribution in [1.29, 1.82) is 0 Å². The van der Waals surface area contributed by atoms with E-state index in [9.17, 15) is 13.2 Å². The zero-order valence-corrected chi connectivity index (χ0v) is 18.2. The summed E-state index contributed by atoms with van der Waals surface area (Å²) in [5.74, 6) is 0.276. The number of nitrogens with one attached hydrogen (secondary N) is 1. The topological polar surface area (TPSA) is 94.1 Å². The average Bonchev–Trinajstić information content (AvgIpc) is 2.76. The molecule has 154 valence electrons. The molecule has 9 heteroatoms. The second-order valence-electron chi connectivity index (χ2n) is 5.96. The number of hydrogen-bond donors (Lipinski definition) is 1. The Hall–Kier alpha value is -3.17. The maximum atomic E-state index is 12.5. The Labute approximate surface area is 182 Å². The van der Waals surface area contributed by atoms with Crippen LogP contribution in [0.3, 0.4) is 0 Å². The molecule has 3 rings (SSSR count). The van der Waals surface area contributed by atoms with Crippen molar-refractivity contribution in [3.63, 3.8) is 0 Å². The molecular formula is C21H17BrN2O5S. The Balaban J connectivity index is 1.77. The molecule has 0 saturated heterocycles. The fourth-order valence-electron chi connectivity index (χ4n) is 2.42. The van der Waals surface area contributed by atoms with E-state index in [0.29, 0.717) is 21.3 Å². The van der Waals surface area contributed by atoms with E-state index >= 15 is 0 Å². The largest absolute Gasteiger partial charge is 0.497 e. The van der Waals surface area contributed by atoms with Crippen molar-refractivity contribution in [1.82, 2.24) is 5.43 Å². The average molecular weight is 489 g/mol. The molecule has 0 aliphatic carbocycles. The van der Waals surface area contributed by atoms with Crippen LogP contribution in [-0.2, 0) is 10.1 Å². The first-order chi connectivity index (χ1) is 14.4. The van der Waals surface area contributed by atoms with Gasteiger partial charge < -0.3 is 8.92 Å². The van der Waals surface area contributed by atoms with Gasteiger partial charge in [0, 0.05) is 15.6 Å². The Morgan fingerprint density at radius 3 is 2.40 bits per heavy atom. The predicted octanol–water partition coefficient (Wildman–Crippen LogP) is 3.99. The molecule has 0 aliphatic rings. The van der Waals surface area contributed by atoms with E-state index in [1.165, 1.54) is 31.5 Å². The summed E-state index contributed by atoms with van der Waals surface area (Å²) in [6, 6.07) is 19.1. The minimum absolute atomic E-state index is 0.0311. The summed E-state index contributed by atoms with van der Waals surface area (Å²) in [5, 5.41) is 3.91. The summed E-state index contributed by atoms with van der Waals surface area (Å²) in [4.78, 5) is 12.2. The molecule has 0 bridgehead atoms. The van der Waals surface area contributed by atoms with Gasteiger partial charge in [-0.3, -0.25) is 4.79 Å². The number of halogens is 1. The molecule has 0 atom stereocenters. The molecule has 0 fully saturated rings. The lowest BCUT2D eigenvalue weighted by Gasteiger charge is -2.10. The van der Waals surface area contributed by atoms with Gasteiger partial charge in [0.2, 0.25) is 0 Å². The third-order valence-corrected chi connectivity index (χ3v) is 5.67. The number of methoxy groups -OCH3 is 1. The van der Waals surface area contributed by atoms with Crippen LogP contribution in [0.15, 0.2) is 87.3 Å². The molecule has 0 spiro atoms. The maximum absolute atomic E-state index is 12.5. The molecule has 7 nitrogen and oxygen atoms in total. The van der Waals surface area contributed by atoms with Crippen LogP contribution in [0.2, 0.25) is 0 Å². The van der Waals surface area contributed by atoms with Crippen molar-refractivity contribution >= 4 is 38.2 Å². The minimum atomic E-state index is -4.02. The summed E-state index contributed by atoms with van der Waals surface area (Å²) >= 11 is 3.33. The van der Waals surface area contributed by atoms with Crippen LogP contribution in [-0.4, -0.2) is 27.6 Å². The molecule has 0 heterocycles. The molecule has 3 aromatic rings. The van der Waals surface area contributed by atoms with Gasteiger partial charge in [-0.05, 0) is 54.6 Å². The first-order valence-electron chi connectivity index (χ1n) is 8.65. The number of carbonyl (C=O) groups is 1. The van der Waals surface area contributed by atoms with Gasteiger partial charge in [0.05, 0.1) is 13.3 Å². The van der Waals surface area contributed by atoms with Gasteiger partial charge in [-0.15, -0.1) is 0 Å². The number of benzene rings is 3. The number of hydrogen-bond acceptors (Lipinski definition) is 6. The summed E-state index contributed by atoms with van der Waals surface area (Å²) in [6.07, 6.45) is 1.31. The summed E-state index contributed by atoms with van der Waals surface area (Å²) in [6.45, 7) is 0. The molecule has 0 saturated carbocycles. The number of amides is 1. The van der Waals surface area contributed by atoms with Crippen molar-refractivity contribution in [2.75, 3.05) is 7.11 Å². The zero-order chi connectivity index (χ0) is 21.6. The third-order valence-electron chi connectivity index (χ3n) is 3.93. The van der Waals surface area contributed by atoms with Gasteiger partial charge in [0.25, 0.3) is 5.91 Å². The number of rotatable bonds is 7. The highest BCUT2D eigenvalue weighted by Crippen LogP contribution is 2.25. The van der Waals surface area contributed by atoms with Crippen LogP contribution in [0.5, 0.6) is 11.5 Å². The first kappa shape index (κ1) is 21.5. The Morgan fingerprint density at radius 2 is 1.73 bits per heavy atom. The Bertz CT molecular complexity index is 1160. The highest BCUT2D eigenvalue weighted by molar-refractivity contribution is 9.10. The number of ether oxygens (including phenoxy) is 1. The highest BCUT2D eigenvalue weighted by Gasteiger charge is 2.18. The predicted molar refractivity (Wildman–Crippen MR) is 116 cm³/mol. The van der Waals surface area contributed by atoms with Gasteiger partial charge in [0.15, 0.2) is 5.75 Å². The van der Waals surface area contributed by atoms with Gasteiger partial charge in [-0.1, -0.05) is 34.1 Å². The molecule has 1 N–H and O–H groups in total. The fraction of sp³-hybridized carbons (Fsp3) is 0.0476. The summed E-state index contributed by atoms with van der Waals surface area (Å²) in [5.41, 5.74) is 3.15. The van der Waals surface area contributed by atoms with Crippen molar-refractivity contribution in [3.8, 4) is 11.5 Å². The molecule has 3 aromatic carbocycles. The third kappa shape index (κ3) is 5.46. The van der Waals surface area contributed by atoms with Crippen LogP contribution in [0.25, 0.3) is 0 Å². The SMILES string of the molecule is COc1ccc(C(=O)N/N=C\c2cc(Br)ccc2OS(=O)(=O)c2ccccc2)cc1. The van der Waals surface area contributed by atoms with E-state index in [1.54, 1.807) is 54.6 Å². The van der Waals surface area contributed by atoms with Crippen LogP contribution in [0.4, 0.5) is 0 Å². The molecule has 0 aromatic heterocycles. The fourth-order valence-corrected chi connectivity index (χ4v) is 3.77. The molecule has 0 unspecified atom stereocenters. The molecule has 30 heavy (non-hydrogen) atoms. The van der Waals surface area contributed by atoms with E-state index in [4.69, 9.17) is 8.92 Å². The van der Waals surface area contributed by atoms with E-state index in [-0.39, 0.29) is 10.6 Å². The highest BCUT2D eigenvalue weighted by atomic mass is 79.9. The lowest BCUT2D eigenvalue weighted by atomic mass is 10.2. The minimum Gasteiger partial charge on any atom is -0.497 e. The number of hydrazone groups is 1.